The van der Waals surface area contributed by atoms with Gasteiger partial charge < -0.3 is 15.3 Å². The van der Waals surface area contributed by atoms with E-state index in [-0.39, 0.29) is 12.5 Å². The predicted molar refractivity (Wildman–Crippen MR) is 80.5 cm³/mol. The van der Waals surface area contributed by atoms with E-state index < -0.39 is 5.97 Å². The summed E-state index contributed by atoms with van der Waals surface area (Å²) in [4.78, 5) is 29.8. The summed E-state index contributed by atoms with van der Waals surface area (Å²) >= 11 is 1.70. The SMILES string of the molecule is CN(Cc1nc2c(s1)CCCC2)C(=O)NCCCC(=O)O. The summed E-state index contributed by atoms with van der Waals surface area (Å²) in [5.74, 6) is -0.842. The molecule has 0 aliphatic heterocycles. The monoisotopic (exact) mass is 311 g/mol. The Morgan fingerprint density at radius 2 is 2.14 bits per heavy atom. The molecule has 1 aromatic rings. The minimum Gasteiger partial charge on any atom is -0.481 e. The van der Waals surface area contributed by atoms with Crippen LogP contribution in [0.1, 0.15) is 41.3 Å². The highest BCUT2D eigenvalue weighted by Gasteiger charge is 2.17. The van der Waals surface area contributed by atoms with Gasteiger partial charge in [-0.05, 0) is 32.1 Å². The van der Waals surface area contributed by atoms with Crippen molar-refractivity contribution in [1.82, 2.24) is 15.2 Å². The van der Waals surface area contributed by atoms with Crippen molar-refractivity contribution >= 4 is 23.3 Å². The van der Waals surface area contributed by atoms with E-state index in [1.807, 2.05) is 0 Å². The molecule has 1 aliphatic rings. The van der Waals surface area contributed by atoms with Gasteiger partial charge in [0.05, 0.1) is 12.2 Å². The van der Waals surface area contributed by atoms with Crippen molar-refractivity contribution in [1.29, 1.82) is 0 Å². The summed E-state index contributed by atoms with van der Waals surface area (Å²) in [6.45, 7) is 0.881. The number of thiazole rings is 1. The van der Waals surface area contributed by atoms with Crippen LogP contribution in [0.5, 0.6) is 0 Å². The highest BCUT2D eigenvalue weighted by atomic mass is 32.1. The van der Waals surface area contributed by atoms with Gasteiger partial charge in [0.2, 0.25) is 0 Å². The van der Waals surface area contributed by atoms with E-state index in [0.717, 1.165) is 17.8 Å². The summed E-state index contributed by atoms with van der Waals surface area (Å²) < 4.78 is 0. The number of rotatable bonds is 6. The first-order valence-corrected chi connectivity index (χ1v) is 8.06. The second-order valence-corrected chi connectivity index (χ2v) is 6.44. The van der Waals surface area contributed by atoms with Gasteiger partial charge in [0, 0.05) is 24.9 Å². The molecule has 1 aromatic heterocycles. The van der Waals surface area contributed by atoms with E-state index in [1.165, 1.54) is 23.4 Å². The number of carboxylic acid groups (broad SMARTS) is 1. The first-order valence-electron chi connectivity index (χ1n) is 7.24. The van der Waals surface area contributed by atoms with Crippen molar-refractivity contribution in [3.8, 4) is 0 Å². The number of carbonyl (C=O) groups excluding carboxylic acids is 1. The van der Waals surface area contributed by atoms with E-state index >= 15 is 0 Å². The van der Waals surface area contributed by atoms with E-state index in [2.05, 4.69) is 10.3 Å². The fourth-order valence-electron chi connectivity index (χ4n) is 2.32. The summed E-state index contributed by atoms with van der Waals surface area (Å²) in [6, 6.07) is -0.187. The summed E-state index contributed by atoms with van der Waals surface area (Å²) in [5, 5.41) is 12.2. The average Bonchev–Trinajstić information content (AvgIpc) is 2.85. The molecule has 7 heteroatoms. The lowest BCUT2D eigenvalue weighted by Crippen LogP contribution is -2.37. The zero-order valence-electron chi connectivity index (χ0n) is 12.2. The Kier molecular flexibility index (Phi) is 5.55. The number of hydrogen-bond donors (Lipinski definition) is 2. The number of hydrogen-bond acceptors (Lipinski definition) is 4. The molecule has 116 valence electrons. The van der Waals surface area contributed by atoms with E-state index in [1.54, 1.807) is 23.3 Å². The van der Waals surface area contributed by atoms with Crippen molar-refractivity contribution in [3.63, 3.8) is 0 Å². The lowest BCUT2D eigenvalue weighted by Gasteiger charge is -2.16. The summed E-state index contributed by atoms with van der Waals surface area (Å²) in [6.07, 6.45) is 5.11. The molecule has 1 heterocycles. The molecule has 0 unspecified atom stereocenters. The first kappa shape index (κ1) is 15.8. The average molecular weight is 311 g/mol. The lowest BCUT2D eigenvalue weighted by atomic mass is 10.0. The number of aryl methyl sites for hydroxylation is 2. The number of carboxylic acids is 1. The van der Waals surface area contributed by atoms with Gasteiger partial charge in [-0.3, -0.25) is 4.79 Å². The zero-order chi connectivity index (χ0) is 15.2. The molecule has 2 N–H and O–H groups in total. The Morgan fingerprint density at radius 3 is 2.86 bits per heavy atom. The largest absolute Gasteiger partial charge is 0.481 e. The van der Waals surface area contributed by atoms with Crippen LogP contribution in [0.3, 0.4) is 0 Å². The minimum atomic E-state index is -0.842. The molecule has 0 fully saturated rings. The second kappa shape index (κ2) is 7.40. The maximum absolute atomic E-state index is 11.9. The molecule has 2 rings (SSSR count). The standard InChI is InChI=1S/C14H21N3O3S/c1-17(14(20)15-8-4-7-13(18)19)9-12-16-10-5-2-3-6-11(10)21-12/h2-9H2,1H3,(H,15,20)(H,18,19). The Morgan fingerprint density at radius 1 is 1.38 bits per heavy atom. The predicted octanol–water partition coefficient (Wildman–Crippen LogP) is 2.03. The minimum absolute atomic E-state index is 0.0726. The van der Waals surface area contributed by atoms with E-state index in [9.17, 15) is 9.59 Å². The number of amides is 2. The first-order chi connectivity index (χ1) is 10.1. The molecule has 2 amide bonds. The summed E-state index contributed by atoms with van der Waals surface area (Å²) in [5.41, 5.74) is 1.21. The van der Waals surface area contributed by atoms with Gasteiger partial charge in [0.15, 0.2) is 0 Å². The number of nitrogens with zero attached hydrogens (tertiary/aromatic N) is 2. The van der Waals surface area contributed by atoms with Crippen LogP contribution in [0.4, 0.5) is 4.79 Å². The third-order valence-electron chi connectivity index (χ3n) is 3.45. The van der Waals surface area contributed by atoms with Crippen LogP contribution in [0, 0.1) is 0 Å². The second-order valence-electron chi connectivity index (χ2n) is 5.27. The van der Waals surface area contributed by atoms with Crippen molar-refractivity contribution < 1.29 is 14.7 Å². The Hall–Kier alpha value is -1.63. The van der Waals surface area contributed by atoms with Crippen LogP contribution < -0.4 is 5.32 Å². The van der Waals surface area contributed by atoms with Gasteiger partial charge in [-0.1, -0.05) is 0 Å². The van der Waals surface area contributed by atoms with Crippen molar-refractivity contribution in [2.24, 2.45) is 0 Å². The maximum Gasteiger partial charge on any atom is 0.317 e. The molecule has 0 saturated carbocycles. The highest BCUT2D eigenvalue weighted by molar-refractivity contribution is 7.11. The Bertz CT molecular complexity index is 492. The van der Waals surface area contributed by atoms with E-state index in [4.69, 9.17) is 5.11 Å². The fraction of sp³-hybridized carbons (Fsp3) is 0.643. The molecular weight excluding hydrogens is 290 g/mol. The zero-order valence-corrected chi connectivity index (χ0v) is 13.0. The number of urea groups is 1. The van der Waals surface area contributed by atoms with Crippen molar-refractivity contribution in [2.75, 3.05) is 13.6 Å². The number of fused-ring (bicyclic) bond motifs is 1. The normalized spacial score (nSPS) is 13.6. The van der Waals surface area contributed by atoms with Crippen LogP contribution in [-0.2, 0) is 24.2 Å². The van der Waals surface area contributed by atoms with E-state index in [0.29, 0.717) is 19.5 Å². The van der Waals surface area contributed by atoms with Gasteiger partial charge >= 0.3 is 12.0 Å². The van der Waals surface area contributed by atoms with Gasteiger partial charge in [-0.25, -0.2) is 9.78 Å². The molecule has 0 atom stereocenters. The smallest absolute Gasteiger partial charge is 0.317 e. The van der Waals surface area contributed by atoms with Crippen LogP contribution in [0.25, 0.3) is 0 Å². The summed E-state index contributed by atoms with van der Waals surface area (Å²) in [7, 11) is 1.73. The number of aromatic nitrogens is 1. The Labute approximate surface area is 128 Å². The van der Waals surface area contributed by atoms with Crippen molar-refractivity contribution in [2.45, 2.75) is 45.1 Å². The third-order valence-corrected chi connectivity index (χ3v) is 4.59. The molecule has 1 aliphatic carbocycles. The third kappa shape index (κ3) is 4.70. The van der Waals surface area contributed by atoms with Gasteiger partial charge in [0.25, 0.3) is 0 Å². The molecular formula is C14H21N3O3S. The Balaban J connectivity index is 1.77. The van der Waals surface area contributed by atoms with Gasteiger partial charge in [-0.15, -0.1) is 11.3 Å². The molecule has 0 bridgehead atoms. The topological polar surface area (TPSA) is 82.5 Å². The van der Waals surface area contributed by atoms with Gasteiger partial charge in [0.1, 0.15) is 5.01 Å². The van der Waals surface area contributed by atoms with Crippen LogP contribution in [0.15, 0.2) is 0 Å². The van der Waals surface area contributed by atoms with Crippen LogP contribution in [-0.4, -0.2) is 40.6 Å². The van der Waals surface area contributed by atoms with Crippen LogP contribution in [0.2, 0.25) is 0 Å². The van der Waals surface area contributed by atoms with Crippen LogP contribution >= 0.6 is 11.3 Å². The molecule has 6 nitrogen and oxygen atoms in total. The van der Waals surface area contributed by atoms with Gasteiger partial charge in [-0.2, -0.15) is 0 Å². The molecule has 0 saturated heterocycles. The fourth-order valence-corrected chi connectivity index (χ4v) is 3.53. The number of aliphatic carboxylic acids is 1. The molecule has 0 aromatic carbocycles. The van der Waals surface area contributed by atoms with Crippen molar-refractivity contribution in [3.05, 3.63) is 15.6 Å². The quantitative estimate of drug-likeness (QED) is 0.788. The maximum atomic E-state index is 11.9. The number of carbonyl (C=O) groups is 2. The molecule has 0 spiro atoms. The lowest BCUT2D eigenvalue weighted by molar-refractivity contribution is -0.137. The number of nitrogens with one attached hydrogen (secondary N) is 1. The highest BCUT2D eigenvalue weighted by Crippen LogP contribution is 2.27. The molecule has 21 heavy (non-hydrogen) atoms. The molecule has 0 radical (unpaired) electrons.